The minimum Gasteiger partial charge on any atom is -0.354 e. The molecule has 9 heteroatoms. The van der Waals surface area contributed by atoms with Crippen LogP contribution in [0.4, 0.5) is 10.2 Å². The molecule has 0 bridgehead atoms. The number of carbonyl (C=O) groups is 2. The van der Waals surface area contributed by atoms with Crippen LogP contribution in [0.25, 0.3) is 5.69 Å². The predicted octanol–water partition coefficient (Wildman–Crippen LogP) is 5.31. The molecule has 0 aliphatic carbocycles. The highest BCUT2D eigenvalue weighted by Crippen LogP contribution is 2.48. The highest BCUT2D eigenvalue weighted by atomic mass is 32.2. The summed E-state index contributed by atoms with van der Waals surface area (Å²) in [5.41, 5.74) is 3.18. The lowest BCUT2D eigenvalue weighted by Gasteiger charge is -2.24. The molecule has 1 aliphatic heterocycles. The maximum absolute atomic E-state index is 13.8. The molecule has 6 nitrogen and oxygen atoms in total. The molecule has 1 aliphatic rings. The van der Waals surface area contributed by atoms with Crippen molar-refractivity contribution in [3.8, 4) is 5.69 Å². The molecule has 1 unspecified atom stereocenters. The number of anilines is 1. The van der Waals surface area contributed by atoms with Gasteiger partial charge in [0.15, 0.2) is 0 Å². The first-order valence-electron chi connectivity index (χ1n) is 11.7. The van der Waals surface area contributed by atoms with E-state index < -0.39 is 0 Å². The Morgan fingerprint density at radius 1 is 1.23 bits per heavy atom. The van der Waals surface area contributed by atoms with Gasteiger partial charge >= 0.3 is 0 Å². The molecule has 3 aromatic rings. The van der Waals surface area contributed by atoms with Gasteiger partial charge in [-0.15, -0.1) is 11.8 Å². The van der Waals surface area contributed by atoms with Crippen molar-refractivity contribution < 1.29 is 14.0 Å². The van der Waals surface area contributed by atoms with Gasteiger partial charge in [0.2, 0.25) is 11.8 Å². The Bertz CT molecular complexity index is 1200. The van der Waals surface area contributed by atoms with Gasteiger partial charge in [-0.05, 0) is 52.6 Å². The Kier molecular flexibility index (Phi) is 7.38. The lowest BCUT2D eigenvalue weighted by Crippen LogP contribution is -2.43. The molecule has 186 valence electrons. The lowest BCUT2D eigenvalue weighted by molar-refractivity contribution is -0.123. The smallest absolute Gasteiger partial charge is 0.240 e. The Hall–Kier alpha value is -2.65. The third-order valence-corrected chi connectivity index (χ3v) is 7.68. The van der Waals surface area contributed by atoms with Gasteiger partial charge < -0.3 is 5.32 Å². The van der Waals surface area contributed by atoms with Crippen LogP contribution >= 0.6 is 23.1 Å². The van der Waals surface area contributed by atoms with Crippen molar-refractivity contribution >= 4 is 40.7 Å². The van der Waals surface area contributed by atoms with E-state index in [0.29, 0.717) is 24.0 Å². The molecular formula is C26H31FN4O2S2. The van der Waals surface area contributed by atoms with Crippen molar-refractivity contribution in [1.29, 1.82) is 0 Å². The second-order valence-corrected chi connectivity index (χ2v) is 12.0. The van der Waals surface area contributed by atoms with Crippen LogP contribution in [-0.2, 0) is 15.0 Å². The van der Waals surface area contributed by atoms with E-state index in [1.165, 1.54) is 12.1 Å². The normalized spacial score (nSPS) is 16.4. The molecule has 0 fully saturated rings. The number of aromatic nitrogens is 2. The van der Waals surface area contributed by atoms with Crippen molar-refractivity contribution in [2.75, 3.05) is 23.7 Å². The largest absolute Gasteiger partial charge is 0.354 e. The summed E-state index contributed by atoms with van der Waals surface area (Å²) < 4.78 is 15.5. The summed E-state index contributed by atoms with van der Waals surface area (Å²) in [5.74, 6) is 0.381. The van der Waals surface area contributed by atoms with Gasteiger partial charge in [0.1, 0.15) is 18.2 Å². The molecule has 0 saturated carbocycles. The standard InChI is InChI=1S/C26H31FN4O2S2/c1-16(2)12-28-20(32)13-30-21(33)15-35-23(17-10-11-34-14-17)22-24(26(3,4)5)29-31(25(22)30)19-8-6-18(27)7-9-19/h6-11,14,16,23H,12-13,15H2,1-5H3,(H,28,32). The van der Waals surface area contributed by atoms with Gasteiger partial charge in [-0.3, -0.25) is 14.5 Å². The van der Waals surface area contributed by atoms with Crippen LogP contribution in [0.15, 0.2) is 41.1 Å². The summed E-state index contributed by atoms with van der Waals surface area (Å²) in [7, 11) is 0. The van der Waals surface area contributed by atoms with Gasteiger partial charge in [-0.1, -0.05) is 34.6 Å². The van der Waals surface area contributed by atoms with E-state index in [4.69, 9.17) is 5.10 Å². The summed E-state index contributed by atoms with van der Waals surface area (Å²) in [4.78, 5) is 27.9. The number of rotatable bonds is 6. The number of thioether (sulfide) groups is 1. The van der Waals surface area contributed by atoms with Gasteiger partial charge in [0.25, 0.3) is 0 Å². The van der Waals surface area contributed by atoms with E-state index in [-0.39, 0.29) is 40.6 Å². The molecule has 0 radical (unpaired) electrons. The zero-order valence-electron chi connectivity index (χ0n) is 20.7. The van der Waals surface area contributed by atoms with E-state index in [1.54, 1.807) is 44.8 Å². The minimum atomic E-state index is -0.351. The van der Waals surface area contributed by atoms with Gasteiger partial charge in [0.05, 0.1) is 22.4 Å². The first kappa shape index (κ1) is 25.4. The van der Waals surface area contributed by atoms with Crippen molar-refractivity contribution in [1.82, 2.24) is 15.1 Å². The lowest BCUT2D eigenvalue weighted by atomic mass is 9.87. The second-order valence-electron chi connectivity index (χ2n) is 10.1. The number of fused-ring (bicyclic) bond motifs is 1. The average Bonchev–Trinajstić information content (AvgIpc) is 3.43. The zero-order chi connectivity index (χ0) is 25.3. The van der Waals surface area contributed by atoms with Crippen LogP contribution in [0.3, 0.4) is 0 Å². The van der Waals surface area contributed by atoms with E-state index in [0.717, 1.165) is 16.8 Å². The number of carbonyl (C=O) groups excluding carboxylic acids is 2. The monoisotopic (exact) mass is 514 g/mol. The highest BCUT2D eigenvalue weighted by molar-refractivity contribution is 8.00. The fourth-order valence-corrected chi connectivity index (χ4v) is 6.00. The molecule has 0 saturated heterocycles. The second kappa shape index (κ2) is 10.1. The maximum Gasteiger partial charge on any atom is 0.240 e. The van der Waals surface area contributed by atoms with Crippen LogP contribution in [0, 0.1) is 11.7 Å². The molecule has 0 spiro atoms. The molecule has 2 amide bonds. The van der Waals surface area contributed by atoms with Crippen molar-refractivity contribution in [3.05, 3.63) is 63.7 Å². The van der Waals surface area contributed by atoms with E-state index >= 15 is 0 Å². The highest BCUT2D eigenvalue weighted by Gasteiger charge is 2.40. The number of benzene rings is 1. The van der Waals surface area contributed by atoms with Crippen molar-refractivity contribution in [2.24, 2.45) is 5.92 Å². The molecule has 35 heavy (non-hydrogen) atoms. The average molecular weight is 515 g/mol. The van der Waals surface area contributed by atoms with Gasteiger partial charge in [0, 0.05) is 17.5 Å². The maximum atomic E-state index is 13.8. The van der Waals surface area contributed by atoms with E-state index in [1.807, 2.05) is 19.2 Å². The summed E-state index contributed by atoms with van der Waals surface area (Å²) in [5, 5.41) is 11.9. The van der Waals surface area contributed by atoms with Crippen LogP contribution in [0.5, 0.6) is 0 Å². The number of amides is 2. The van der Waals surface area contributed by atoms with Crippen molar-refractivity contribution in [3.63, 3.8) is 0 Å². The number of hydrogen-bond donors (Lipinski definition) is 1. The minimum absolute atomic E-state index is 0.105. The van der Waals surface area contributed by atoms with Crippen LogP contribution in [0.1, 0.15) is 56.7 Å². The number of nitrogens with zero attached hydrogens (tertiary/aromatic N) is 3. The quantitative estimate of drug-likeness (QED) is 0.484. The number of nitrogens with one attached hydrogen (secondary N) is 1. The fraction of sp³-hybridized carbons (Fsp3) is 0.423. The first-order chi connectivity index (χ1) is 16.6. The summed E-state index contributed by atoms with van der Waals surface area (Å²) in [6.45, 7) is 10.7. The zero-order valence-corrected chi connectivity index (χ0v) is 22.3. The third-order valence-electron chi connectivity index (χ3n) is 5.73. The predicted molar refractivity (Wildman–Crippen MR) is 141 cm³/mol. The van der Waals surface area contributed by atoms with E-state index in [9.17, 15) is 14.0 Å². The molecule has 2 aromatic heterocycles. The Morgan fingerprint density at radius 3 is 2.54 bits per heavy atom. The van der Waals surface area contributed by atoms with Gasteiger partial charge in [-0.2, -0.15) is 16.4 Å². The first-order valence-corrected chi connectivity index (χ1v) is 13.7. The third kappa shape index (κ3) is 5.46. The molecule has 4 rings (SSSR count). The summed E-state index contributed by atoms with van der Waals surface area (Å²) in [6, 6.07) is 8.12. The van der Waals surface area contributed by atoms with Crippen LogP contribution < -0.4 is 10.2 Å². The summed E-state index contributed by atoms with van der Waals surface area (Å²) in [6.07, 6.45) is 0. The molecular weight excluding hydrogens is 483 g/mol. The van der Waals surface area contributed by atoms with Crippen LogP contribution in [0.2, 0.25) is 0 Å². The van der Waals surface area contributed by atoms with Gasteiger partial charge in [-0.25, -0.2) is 9.07 Å². The fourth-order valence-electron chi connectivity index (χ4n) is 4.04. The molecule has 1 atom stereocenters. The Balaban J connectivity index is 1.94. The Labute approximate surface area is 213 Å². The Morgan fingerprint density at radius 2 is 1.94 bits per heavy atom. The van der Waals surface area contributed by atoms with Crippen LogP contribution in [-0.4, -0.2) is 40.4 Å². The molecule has 3 heterocycles. The SMILES string of the molecule is CC(C)CNC(=O)CN1C(=O)CSC(c2ccsc2)c2c(C(C)(C)C)nn(-c3ccc(F)cc3)c21. The summed E-state index contributed by atoms with van der Waals surface area (Å²) >= 11 is 3.16. The molecule has 1 N–H and O–H groups in total. The number of halogens is 1. The molecule has 1 aromatic carbocycles. The number of thiophene rings is 1. The topological polar surface area (TPSA) is 67.2 Å². The van der Waals surface area contributed by atoms with Crippen molar-refractivity contribution in [2.45, 2.75) is 45.3 Å². The number of hydrogen-bond acceptors (Lipinski definition) is 5. The van der Waals surface area contributed by atoms with E-state index in [2.05, 4.69) is 37.5 Å².